The Balaban J connectivity index is 2.81. The third kappa shape index (κ3) is 2.28. The number of pyridine rings is 1. The average Bonchev–Trinajstić information content (AvgIpc) is 2.04. The van der Waals surface area contributed by atoms with Gasteiger partial charge in [-0.3, -0.25) is 0 Å². The Bertz CT molecular complexity index is 249. The van der Waals surface area contributed by atoms with Gasteiger partial charge in [-0.25, -0.2) is 4.98 Å². The fraction of sp³-hybridized carbons (Fsp3) is 0.286. The Morgan fingerprint density at radius 3 is 3.00 bits per heavy atom. The summed E-state index contributed by atoms with van der Waals surface area (Å²) in [6.07, 6.45) is 1.39. The molecule has 0 saturated carbocycles. The van der Waals surface area contributed by atoms with Crippen LogP contribution in [-0.2, 0) is 4.74 Å². The normalized spacial score (nSPS) is 9.92. The van der Waals surface area contributed by atoms with E-state index < -0.39 is 5.95 Å². The lowest BCUT2D eigenvalue weighted by atomic mass is 10.4. The van der Waals surface area contributed by atoms with Gasteiger partial charge in [0.25, 0.3) is 5.95 Å². The fourth-order valence-corrected chi connectivity index (χ4v) is 1.19. The highest BCUT2D eigenvalue weighted by atomic mass is 127. The van der Waals surface area contributed by atoms with E-state index in [1.165, 1.54) is 13.3 Å². The summed E-state index contributed by atoms with van der Waals surface area (Å²) in [6, 6.07) is 1.66. The first-order valence-corrected chi connectivity index (χ1v) is 4.25. The van der Waals surface area contributed by atoms with E-state index in [-0.39, 0.29) is 12.5 Å². The van der Waals surface area contributed by atoms with E-state index in [0.29, 0.717) is 3.57 Å². The molecule has 1 rings (SSSR count). The maximum atomic E-state index is 12.9. The van der Waals surface area contributed by atoms with Crippen molar-refractivity contribution < 1.29 is 13.9 Å². The van der Waals surface area contributed by atoms with Crippen LogP contribution in [-0.4, -0.2) is 18.9 Å². The Morgan fingerprint density at radius 2 is 2.42 bits per heavy atom. The van der Waals surface area contributed by atoms with Crippen molar-refractivity contribution in [1.29, 1.82) is 0 Å². The van der Waals surface area contributed by atoms with Crippen LogP contribution >= 0.6 is 22.6 Å². The van der Waals surface area contributed by atoms with E-state index in [9.17, 15) is 4.39 Å². The molecule has 66 valence electrons. The van der Waals surface area contributed by atoms with Gasteiger partial charge in [-0.15, -0.1) is 0 Å². The van der Waals surface area contributed by atoms with Crippen LogP contribution in [0.5, 0.6) is 5.75 Å². The summed E-state index contributed by atoms with van der Waals surface area (Å²) in [5.74, 6) is -0.473. The lowest BCUT2D eigenvalue weighted by Gasteiger charge is -2.05. The minimum Gasteiger partial charge on any atom is -0.462 e. The highest BCUT2D eigenvalue weighted by Gasteiger charge is 2.07. The first-order valence-electron chi connectivity index (χ1n) is 3.17. The molecule has 0 N–H and O–H groups in total. The SMILES string of the molecule is COCOc1c(I)ccnc1F. The largest absolute Gasteiger partial charge is 0.462 e. The predicted octanol–water partition coefficient (Wildman–Crippen LogP) is 1.81. The van der Waals surface area contributed by atoms with Gasteiger partial charge in [-0.05, 0) is 28.7 Å². The molecule has 0 aromatic carbocycles. The van der Waals surface area contributed by atoms with Gasteiger partial charge in [0, 0.05) is 13.3 Å². The van der Waals surface area contributed by atoms with Gasteiger partial charge in [-0.2, -0.15) is 4.39 Å². The van der Waals surface area contributed by atoms with Crippen LogP contribution in [0.4, 0.5) is 4.39 Å². The number of hydrogen-bond donors (Lipinski definition) is 0. The second-order valence-electron chi connectivity index (χ2n) is 1.96. The zero-order valence-corrected chi connectivity index (χ0v) is 8.54. The summed E-state index contributed by atoms with van der Waals surface area (Å²) in [6.45, 7) is 0.0264. The highest BCUT2D eigenvalue weighted by molar-refractivity contribution is 14.1. The van der Waals surface area contributed by atoms with Crippen molar-refractivity contribution in [3.05, 3.63) is 21.8 Å². The number of hydrogen-bond acceptors (Lipinski definition) is 3. The molecule has 0 spiro atoms. The van der Waals surface area contributed by atoms with Gasteiger partial charge in [0.1, 0.15) is 0 Å². The molecule has 12 heavy (non-hydrogen) atoms. The van der Waals surface area contributed by atoms with Crippen molar-refractivity contribution in [2.24, 2.45) is 0 Å². The monoisotopic (exact) mass is 283 g/mol. The predicted molar refractivity (Wildman–Crippen MR) is 49.4 cm³/mol. The molecule has 0 amide bonds. The molecule has 0 fully saturated rings. The van der Waals surface area contributed by atoms with E-state index in [4.69, 9.17) is 4.74 Å². The Kier molecular flexibility index (Phi) is 3.67. The quantitative estimate of drug-likeness (QED) is 0.481. The summed E-state index contributed by atoms with van der Waals surface area (Å²) >= 11 is 1.97. The molecule has 0 aliphatic rings. The fourth-order valence-electron chi connectivity index (χ4n) is 0.647. The van der Waals surface area contributed by atoms with Gasteiger partial charge in [0.05, 0.1) is 3.57 Å². The number of aromatic nitrogens is 1. The van der Waals surface area contributed by atoms with Crippen LogP contribution in [0, 0.1) is 9.52 Å². The average molecular weight is 283 g/mol. The summed E-state index contributed by atoms with van der Waals surface area (Å²) in [5, 5.41) is 0. The third-order valence-corrected chi connectivity index (χ3v) is 1.98. The topological polar surface area (TPSA) is 31.4 Å². The molecule has 0 atom stereocenters. The lowest BCUT2D eigenvalue weighted by molar-refractivity contribution is 0.0470. The van der Waals surface area contributed by atoms with Crippen molar-refractivity contribution in [3.8, 4) is 5.75 Å². The third-order valence-electron chi connectivity index (χ3n) is 1.13. The first-order chi connectivity index (χ1) is 5.75. The Morgan fingerprint density at radius 1 is 1.67 bits per heavy atom. The van der Waals surface area contributed by atoms with Gasteiger partial charge in [-0.1, -0.05) is 0 Å². The minimum absolute atomic E-state index is 0.0264. The molecule has 1 heterocycles. The molecule has 1 aromatic heterocycles. The van der Waals surface area contributed by atoms with Crippen LogP contribution in [0.1, 0.15) is 0 Å². The molecule has 0 radical (unpaired) electrons. The molecule has 3 nitrogen and oxygen atoms in total. The van der Waals surface area contributed by atoms with E-state index in [2.05, 4.69) is 9.72 Å². The Hall–Kier alpha value is -0.430. The number of halogens is 2. The van der Waals surface area contributed by atoms with Gasteiger partial charge >= 0.3 is 0 Å². The van der Waals surface area contributed by atoms with Crippen molar-refractivity contribution >= 4 is 22.6 Å². The van der Waals surface area contributed by atoms with Crippen molar-refractivity contribution in [1.82, 2.24) is 4.98 Å². The number of ether oxygens (including phenoxy) is 2. The molecular formula is C7H7FINO2. The molecular weight excluding hydrogens is 276 g/mol. The van der Waals surface area contributed by atoms with Crippen LogP contribution in [0.15, 0.2) is 12.3 Å². The number of rotatable bonds is 3. The standard InChI is InChI=1S/C7H7FINO2/c1-11-4-12-6-5(9)2-3-10-7(6)8/h2-3H,4H2,1H3. The summed E-state index contributed by atoms with van der Waals surface area (Å²) in [5.41, 5.74) is 0. The molecule has 0 bridgehead atoms. The Labute approximate surface area is 83.0 Å². The maximum Gasteiger partial charge on any atom is 0.256 e. The maximum absolute atomic E-state index is 12.9. The lowest BCUT2D eigenvalue weighted by Crippen LogP contribution is -2.03. The van der Waals surface area contributed by atoms with Crippen LogP contribution < -0.4 is 4.74 Å². The summed E-state index contributed by atoms with van der Waals surface area (Å²) < 4.78 is 23.1. The van der Waals surface area contributed by atoms with Crippen LogP contribution in [0.3, 0.4) is 0 Å². The van der Waals surface area contributed by atoms with E-state index >= 15 is 0 Å². The molecule has 5 heteroatoms. The summed E-state index contributed by atoms with van der Waals surface area (Å²) in [4.78, 5) is 3.44. The highest BCUT2D eigenvalue weighted by Crippen LogP contribution is 2.21. The zero-order chi connectivity index (χ0) is 8.97. The molecule has 0 aliphatic heterocycles. The molecule has 0 saturated heterocycles. The number of nitrogens with zero attached hydrogens (tertiary/aromatic N) is 1. The van der Waals surface area contributed by atoms with Gasteiger partial charge in [0.2, 0.25) is 0 Å². The second-order valence-corrected chi connectivity index (χ2v) is 3.13. The second kappa shape index (κ2) is 4.56. The minimum atomic E-state index is -0.612. The molecule has 1 aromatic rings. The van der Waals surface area contributed by atoms with Gasteiger partial charge in [0.15, 0.2) is 12.5 Å². The zero-order valence-electron chi connectivity index (χ0n) is 6.38. The molecule has 0 unspecified atom stereocenters. The number of methoxy groups -OCH3 is 1. The van der Waals surface area contributed by atoms with E-state index in [0.717, 1.165) is 0 Å². The van der Waals surface area contributed by atoms with E-state index in [1.54, 1.807) is 6.07 Å². The van der Waals surface area contributed by atoms with E-state index in [1.807, 2.05) is 22.6 Å². The molecule has 0 aliphatic carbocycles. The van der Waals surface area contributed by atoms with Crippen LogP contribution in [0.25, 0.3) is 0 Å². The van der Waals surface area contributed by atoms with Crippen LogP contribution in [0.2, 0.25) is 0 Å². The van der Waals surface area contributed by atoms with Crippen molar-refractivity contribution in [2.75, 3.05) is 13.9 Å². The van der Waals surface area contributed by atoms with Gasteiger partial charge < -0.3 is 9.47 Å². The van der Waals surface area contributed by atoms with Crippen molar-refractivity contribution in [2.45, 2.75) is 0 Å². The van der Waals surface area contributed by atoms with Crippen molar-refractivity contribution in [3.63, 3.8) is 0 Å². The summed E-state index contributed by atoms with van der Waals surface area (Å²) in [7, 11) is 1.47. The first kappa shape index (κ1) is 9.66. The smallest absolute Gasteiger partial charge is 0.256 e.